The van der Waals surface area contributed by atoms with Crippen LogP contribution in [-0.4, -0.2) is 35.5 Å². The second-order valence-corrected chi connectivity index (χ2v) is 7.12. The fourth-order valence-corrected chi connectivity index (χ4v) is 3.19. The van der Waals surface area contributed by atoms with Gasteiger partial charge in [-0.3, -0.25) is 4.68 Å². The minimum atomic E-state index is 0.592. The molecule has 0 aliphatic carbocycles. The quantitative estimate of drug-likeness (QED) is 0.484. The van der Waals surface area contributed by atoms with Crippen molar-refractivity contribution in [1.82, 2.24) is 15.1 Å². The van der Waals surface area contributed by atoms with Gasteiger partial charge in [0.1, 0.15) is 0 Å². The molecule has 0 fully saturated rings. The molecule has 7 heteroatoms. The van der Waals surface area contributed by atoms with Crippen LogP contribution in [0, 0.1) is 6.92 Å². The van der Waals surface area contributed by atoms with Crippen LogP contribution in [0.3, 0.4) is 0 Å². The molecular weight excluding hydrogens is 378 g/mol. The van der Waals surface area contributed by atoms with Crippen LogP contribution in [0.1, 0.15) is 17.5 Å². The molecule has 2 aromatic carbocycles. The third-order valence-corrected chi connectivity index (χ3v) is 4.87. The Hall–Kier alpha value is -3.48. The topological polar surface area (TPSA) is 72.7 Å². The number of nitrogens with one attached hydrogen (secondary N) is 2. The number of nitrogens with zero attached hydrogens (tertiary/aromatic N) is 3. The highest BCUT2D eigenvalue weighted by Gasteiger charge is 2.11. The number of hydrogen-bond donors (Lipinski definition) is 2. The first-order valence-corrected chi connectivity index (χ1v) is 10.2. The summed E-state index contributed by atoms with van der Waals surface area (Å²) in [5.41, 5.74) is 3.33. The highest BCUT2D eigenvalue weighted by atomic mass is 16.5. The van der Waals surface area contributed by atoms with E-state index in [1.54, 1.807) is 6.20 Å². The second-order valence-electron chi connectivity index (χ2n) is 7.12. The molecule has 0 unspecified atom stereocenters. The zero-order valence-electron chi connectivity index (χ0n) is 17.2. The number of aliphatic imine (C=N–C) groups is 1. The Balaban J connectivity index is 1.48. The van der Waals surface area contributed by atoms with Crippen LogP contribution < -0.4 is 20.1 Å². The molecule has 0 saturated heterocycles. The molecule has 0 radical (unpaired) electrons. The SMILES string of the molecule is Cc1ccccc1CN=C(NCCn1cccn1)Nc1ccc2c(c1)OCCCO2. The molecular formula is C23H27N5O2. The van der Waals surface area contributed by atoms with E-state index in [1.165, 1.54) is 11.1 Å². The molecule has 1 aromatic heterocycles. The molecule has 0 atom stereocenters. The molecule has 0 amide bonds. The normalized spacial score (nSPS) is 13.6. The van der Waals surface area contributed by atoms with Crippen LogP contribution >= 0.6 is 0 Å². The number of rotatable bonds is 6. The Morgan fingerprint density at radius 3 is 2.80 bits per heavy atom. The van der Waals surface area contributed by atoms with E-state index >= 15 is 0 Å². The van der Waals surface area contributed by atoms with Gasteiger partial charge in [-0.25, -0.2) is 4.99 Å². The highest BCUT2D eigenvalue weighted by Crippen LogP contribution is 2.32. The van der Waals surface area contributed by atoms with Crippen molar-refractivity contribution in [2.75, 3.05) is 25.1 Å². The van der Waals surface area contributed by atoms with E-state index in [4.69, 9.17) is 14.5 Å². The first kappa shape index (κ1) is 19.8. The molecule has 0 bridgehead atoms. The lowest BCUT2D eigenvalue weighted by Crippen LogP contribution is -2.33. The van der Waals surface area contributed by atoms with Crippen molar-refractivity contribution in [3.05, 3.63) is 72.1 Å². The number of ether oxygens (including phenoxy) is 2. The number of hydrogen-bond acceptors (Lipinski definition) is 4. The lowest BCUT2D eigenvalue weighted by molar-refractivity contribution is 0.297. The number of anilines is 1. The Morgan fingerprint density at radius 1 is 1.10 bits per heavy atom. The van der Waals surface area contributed by atoms with Crippen molar-refractivity contribution in [2.45, 2.75) is 26.4 Å². The molecule has 156 valence electrons. The summed E-state index contributed by atoms with van der Waals surface area (Å²) in [6, 6.07) is 16.1. The smallest absolute Gasteiger partial charge is 0.196 e. The van der Waals surface area contributed by atoms with Crippen LogP contribution in [0.25, 0.3) is 0 Å². The van der Waals surface area contributed by atoms with Gasteiger partial charge in [-0.15, -0.1) is 0 Å². The summed E-state index contributed by atoms with van der Waals surface area (Å²) < 4.78 is 13.4. The van der Waals surface area contributed by atoms with Gasteiger partial charge in [0.05, 0.1) is 26.3 Å². The molecule has 30 heavy (non-hydrogen) atoms. The summed E-state index contributed by atoms with van der Waals surface area (Å²) in [6.07, 6.45) is 4.61. The fourth-order valence-electron chi connectivity index (χ4n) is 3.19. The van der Waals surface area contributed by atoms with Gasteiger partial charge < -0.3 is 20.1 Å². The van der Waals surface area contributed by atoms with Crippen molar-refractivity contribution in [3.63, 3.8) is 0 Å². The Kier molecular flexibility index (Phi) is 6.49. The molecule has 0 saturated carbocycles. The maximum atomic E-state index is 5.81. The van der Waals surface area contributed by atoms with E-state index in [9.17, 15) is 0 Å². The predicted molar refractivity (Wildman–Crippen MR) is 118 cm³/mol. The van der Waals surface area contributed by atoms with Gasteiger partial charge >= 0.3 is 0 Å². The molecule has 2 heterocycles. The molecule has 3 aromatic rings. The van der Waals surface area contributed by atoms with E-state index in [0.717, 1.165) is 30.2 Å². The summed E-state index contributed by atoms with van der Waals surface area (Å²) in [6.45, 7) is 5.48. The third kappa shape index (κ3) is 5.31. The molecule has 0 spiro atoms. The van der Waals surface area contributed by atoms with Gasteiger partial charge in [0, 0.05) is 37.1 Å². The zero-order valence-corrected chi connectivity index (χ0v) is 17.2. The summed E-state index contributed by atoms with van der Waals surface area (Å²) in [7, 11) is 0. The van der Waals surface area contributed by atoms with Gasteiger partial charge in [0.15, 0.2) is 17.5 Å². The summed E-state index contributed by atoms with van der Waals surface area (Å²) in [5, 5.41) is 11.0. The maximum Gasteiger partial charge on any atom is 0.196 e. The minimum absolute atomic E-state index is 0.592. The molecule has 1 aliphatic rings. The lowest BCUT2D eigenvalue weighted by atomic mass is 10.1. The Labute approximate surface area is 176 Å². The van der Waals surface area contributed by atoms with E-state index in [2.05, 4.69) is 34.8 Å². The Bertz CT molecular complexity index is 985. The first-order chi connectivity index (χ1) is 14.8. The largest absolute Gasteiger partial charge is 0.490 e. The molecule has 1 aliphatic heterocycles. The Morgan fingerprint density at radius 2 is 1.97 bits per heavy atom. The minimum Gasteiger partial charge on any atom is -0.490 e. The van der Waals surface area contributed by atoms with Crippen LogP contribution in [0.5, 0.6) is 11.5 Å². The van der Waals surface area contributed by atoms with E-state index in [0.29, 0.717) is 32.3 Å². The van der Waals surface area contributed by atoms with E-state index < -0.39 is 0 Å². The van der Waals surface area contributed by atoms with Crippen molar-refractivity contribution in [3.8, 4) is 11.5 Å². The standard InChI is InChI=1S/C23H27N5O2/c1-18-6-2-3-7-19(18)17-25-23(24-11-13-28-12-4-10-26-28)27-20-8-9-21-22(16-20)30-15-5-14-29-21/h2-4,6-10,12,16H,5,11,13-15,17H2,1H3,(H2,24,25,27). The summed E-state index contributed by atoms with van der Waals surface area (Å²) >= 11 is 0. The number of guanidine groups is 1. The van der Waals surface area contributed by atoms with Crippen molar-refractivity contribution >= 4 is 11.6 Å². The van der Waals surface area contributed by atoms with Gasteiger partial charge in [0.2, 0.25) is 0 Å². The third-order valence-electron chi connectivity index (χ3n) is 4.87. The molecule has 4 rings (SSSR count). The fraction of sp³-hybridized carbons (Fsp3) is 0.304. The van der Waals surface area contributed by atoms with E-state index in [1.807, 2.05) is 47.3 Å². The number of aromatic nitrogens is 2. The first-order valence-electron chi connectivity index (χ1n) is 10.2. The van der Waals surface area contributed by atoms with Crippen LogP contribution in [0.2, 0.25) is 0 Å². The van der Waals surface area contributed by atoms with Crippen LogP contribution in [0.15, 0.2) is 65.9 Å². The lowest BCUT2D eigenvalue weighted by Gasteiger charge is -2.15. The van der Waals surface area contributed by atoms with Crippen LogP contribution in [0.4, 0.5) is 5.69 Å². The predicted octanol–water partition coefficient (Wildman–Crippen LogP) is 3.61. The average Bonchev–Trinajstić information content (AvgIpc) is 3.16. The number of aryl methyl sites for hydroxylation is 1. The summed E-state index contributed by atoms with van der Waals surface area (Å²) in [5.74, 6) is 2.25. The van der Waals surface area contributed by atoms with Gasteiger partial charge in [0.25, 0.3) is 0 Å². The molecule has 2 N–H and O–H groups in total. The van der Waals surface area contributed by atoms with Gasteiger partial charge in [-0.1, -0.05) is 24.3 Å². The van der Waals surface area contributed by atoms with Gasteiger partial charge in [-0.05, 0) is 36.2 Å². The zero-order chi connectivity index (χ0) is 20.6. The monoisotopic (exact) mass is 405 g/mol. The number of fused-ring (bicyclic) bond motifs is 1. The van der Waals surface area contributed by atoms with Crippen molar-refractivity contribution in [2.24, 2.45) is 4.99 Å². The van der Waals surface area contributed by atoms with Gasteiger partial charge in [-0.2, -0.15) is 5.10 Å². The second kappa shape index (κ2) is 9.82. The maximum absolute atomic E-state index is 5.81. The van der Waals surface area contributed by atoms with E-state index in [-0.39, 0.29) is 0 Å². The summed E-state index contributed by atoms with van der Waals surface area (Å²) in [4.78, 5) is 4.79. The average molecular weight is 406 g/mol. The highest BCUT2D eigenvalue weighted by molar-refractivity contribution is 5.94. The van der Waals surface area contributed by atoms with Crippen LogP contribution in [-0.2, 0) is 13.1 Å². The van der Waals surface area contributed by atoms with Crippen molar-refractivity contribution in [1.29, 1.82) is 0 Å². The number of benzene rings is 2. The molecule has 7 nitrogen and oxygen atoms in total. The van der Waals surface area contributed by atoms with Crippen molar-refractivity contribution < 1.29 is 9.47 Å².